The maximum Gasteiger partial charge on any atom is 0.338 e. The summed E-state index contributed by atoms with van der Waals surface area (Å²) < 4.78 is 2.02. The van der Waals surface area contributed by atoms with E-state index in [0.29, 0.717) is 22.5 Å². The second-order valence-electron chi connectivity index (χ2n) is 5.00. The normalized spacial score (nSPS) is 11.0. The predicted octanol–water partition coefficient (Wildman–Crippen LogP) is 4.35. The van der Waals surface area contributed by atoms with Crippen LogP contribution in [0.4, 0.5) is 0 Å². The molecule has 0 atom stereocenters. The molecule has 0 saturated heterocycles. The van der Waals surface area contributed by atoms with Crippen molar-refractivity contribution < 1.29 is 9.90 Å². The van der Waals surface area contributed by atoms with Gasteiger partial charge < -0.3 is 9.67 Å². The van der Waals surface area contributed by atoms with E-state index >= 15 is 0 Å². The monoisotopic (exact) mass is 299 g/mol. The fraction of sp³-hybridized carbons (Fsp3) is 0.118. The Morgan fingerprint density at radius 3 is 2.57 bits per heavy atom. The highest BCUT2D eigenvalue weighted by Gasteiger charge is 2.19. The van der Waals surface area contributed by atoms with Crippen molar-refractivity contribution in [3.05, 3.63) is 70.4 Å². The fourth-order valence-electron chi connectivity index (χ4n) is 2.69. The Morgan fingerprint density at radius 1 is 1.19 bits per heavy atom. The van der Waals surface area contributed by atoms with Crippen molar-refractivity contribution in [3.63, 3.8) is 0 Å². The molecule has 0 aliphatic heterocycles. The zero-order chi connectivity index (χ0) is 15.0. The second kappa shape index (κ2) is 5.26. The van der Waals surface area contributed by atoms with Gasteiger partial charge in [-0.05, 0) is 30.7 Å². The molecule has 0 bridgehead atoms. The molecule has 21 heavy (non-hydrogen) atoms. The molecule has 1 heterocycles. The molecule has 106 valence electrons. The number of carbonyl (C=O) groups is 1. The summed E-state index contributed by atoms with van der Waals surface area (Å²) in [5.41, 5.74) is 3.08. The van der Waals surface area contributed by atoms with E-state index < -0.39 is 5.97 Å². The van der Waals surface area contributed by atoms with Crippen molar-refractivity contribution in [1.29, 1.82) is 0 Å². The van der Waals surface area contributed by atoms with Crippen molar-refractivity contribution in [1.82, 2.24) is 4.57 Å². The molecule has 3 rings (SSSR count). The van der Waals surface area contributed by atoms with Gasteiger partial charge in [-0.15, -0.1) is 0 Å². The molecule has 0 saturated carbocycles. The first kappa shape index (κ1) is 13.7. The van der Waals surface area contributed by atoms with Gasteiger partial charge in [-0.2, -0.15) is 0 Å². The van der Waals surface area contributed by atoms with Gasteiger partial charge in [0.15, 0.2) is 0 Å². The Balaban J connectivity index is 2.23. The molecule has 0 unspecified atom stereocenters. The SMILES string of the molecule is Cc1c(C(=O)O)c2cc(Cl)ccc2n1Cc1ccccc1. The summed E-state index contributed by atoms with van der Waals surface area (Å²) in [7, 11) is 0. The summed E-state index contributed by atoms with van der Waals surface area (Å²) in [5.74, 6) is -0.924. The number of benzene rings is 2. The number of aromatic carboxylic acids is 1. The fourth-order valence-corrected chi connectivity index (χ4v) is 2.87. The molecule has 0 spiro atoms. The van der Waals surface area contributed by atoms with E-state index in [1.54, 1.807) is 12.1 Å². The Bertz CT molecular complexity index is 822. The van der Waals surface area contributed by atoms with E-state index in [0.717, 1.165) is 16.8 Å². The molecule has 0 aliphatic rings. The van der Waals surface area contributed by atoms with E-state index in [9.17, 15) is 9.90 Å². The van der Waals surface area contributed by atoms with Crippen LogP contribution in [-0.2, 0) is 6.54 Å². The number of hydrogen-bond acceptors (Lipinski definition) is 1. The van der Waals surface area contributed by atoms with Crippen molar-refractivity contribution in [2.45, 2.75) is 13.5 Å². The third-order valence-electron chi connectivity index (χ3n) is 3.68. The highest BCUT2D eigenvalue weighted by atomic mass is 35.5. The van der Waals surface area contributed by atoms with Crippen LogP contribution in [0.5, 0.6) is 0 Å². The number of fused-ring (bicyclic) bond motifs is 1. The Kier molecular flexibility index (Phi) is 3.43. The molecular formula is C17H14ClNO2. The van der Waals surface area contributed by atoms with Gasteiger partial charge in [0, 0.05) is 28.2 Å². The number of halogens is 1. The lowest BCUT2D eigenvalue weighted by molar-refractivity contribution is 0.0698. The average molecular weight is 300 g/mol. The quantitative estimate of drug-likeness (QED) is 0.781. The van der Waals surface area contributed by atoms with Crippen LogP contribution in [0.15, 0.2) is 48.5 Å². The van der Waals surface area contributed by atoms with Gasteiger partial charge >= 0.3 is 5.97 Å². The van der Waals surface area contributed by atoms with Crippen molar-refractivity contribution >= 4 is 28.5 Å². The van der Waals surface area contributed by atoms with E-state index in [1.165, 1.54) is 0 Å². The van der Waals surface area contributed by atoms with E-state index in [-0.39, 0.29) is 0 Å². The highest BCUT2D eigenvalue weighted by Crippen LogP contribution is 2.29. The topological polar surface area (TPSA) is 42.2 Å². The van der Waals surface area contributed by atoms with Crippen LogP contribution in [0.1, 0.15) is 21.6 Å². The minimum atomic E-state index is -0.924. The van der Waals surface area contributed by atoms with Gasteiger partial charge in [-0.1, -0.05) is 41.9 Å². The van der Waals surface area contributed by atoms with Crippen LogP contribution in [0, 0.1) is 6.92 Å². The van der Waals surface area contributed by atoms with Crippen LogP contribution in [0.3, 0.4) is 0 Å². The number of nitrogens with zero attached hydrogens (tertiary/aromatic N) is 1. The van der Waals surface area contributed by atoms with Gasteiger partial charge in [0.2, 0.25) is 0 Å². The number of carboxylic acids is 1. The first-order valence-corrected chi connectivity index (χ1v) is 7.01. The number of carboxylic acid groups (broad SMARTS) is 1. The van der Waals surface area contributed by atoms with Gasteiger partial charge in [0.25, 0.3) is 0 Å². The summed E-state index contributed by atoms with van der Waals surface area (Å²) >= 11 is 6.01. The highest BCUT2D eigenvalue weighted by molar-refractivity contribution is 6.31. The first-order chi connectivity index (χ1) is 10.1. The molecule has 2 aromatic carbocycles. The summed E-state index contributed by atoms with van der Waals surface area (Å²) in [6.45, 7) is 2.47. The minimum absolute atomic E-state index is 0.323. The molecule has 0 amide bonds. The van der Waals surface area contributed by atoms with Crippen molar-refractivity contribution in [2.75, 3.05) is 0 Å². The van der Waals surface area contributed by atoms with Crippen molar-refractivity contribution in [3.8, 4) is 0 Å². The predicted molar refractivity (Wildman–Crippen MR) is 84.2 cm³/mol. The first-order valence-electron chi connectivity index (χ1n) is 6.63. The minimum Gasteiger partial charge on any atom is -0.478 e. The third kappa shape index (κ3) is 2.41. The maximum atomic E-state index is 11.6. The molecular weight excluding hydrogens is 286 g/mol. The van der Waals surface area contributed by atoms with Crippen LogP contribution in [-0.4, -0.2) is 15.6 Å². The number of aromatic nitrogens is 1. The number of hydrogen-bond donors (Lipinski definition) is 1. The Morgan fingerprint density at radius 2 is 1.90 bits per heavy atom. The number of rotatable bonds is 3. The van der Waals surface area contributed by atoms with Crippen LogP contribution in [0.2, 0.25) is 5.02 Å². The molecule has 3 aromatic rings. The average Bonchev–Trinajstić information content (AvgIpc) is 2.72. The lowest BCUT2D eigenvalue weighted by Gasteiger charge is -2.08. The second-order valence-corrected chi connectivity index (χ2v) is 5.44. The Hall–Kier alpha value is -2.26. The van der Waals surface area contributed by atoms with Gasteiger partial charge in [0.1, 0.15) is 0 Å². The maximum absolute atomic E-state index is 11.6. The molecule has 0 aliphatic carbocycles. The van der Waals surface area contributed by atoms with Gasteiger partial charge in [0.05, 0.1) is 5.56 Å². The van der Waals surface area contributed by atoms with Crippen LogP contribution < -0.4 is 0 Å². The smallest absolute Gasteiger partial charge is 0.338 e. The van der Waals surface area contributed by atoms with Crippen LogP contribution in [0.25, 0.3) is 10.9 Å². The largest absolute Gasteiger partial charge is 0.478 e. The lowest BCUT2D eigenvalue weighted by Crippen LogP contribution is -2.04. The molecule has 0 fully saturated rings. The Labute approximate surface area is 127 Å². The lowest BCUT2D eigenvalue weighted by atomic mass is 10.1. The standard InChI is InChI=1S/C17H14ClNO2/c1-11-16(17(20)21)14-9-13(18)7-8-15(14)19(11)10-12-5-3-2-4-6-12/h2-9H,10H2,1H3,(H,20,21). The zero-order valence-electron chi connectivity index (χ0n) is 11.5. The van der Waals surface area contributed by atoms with E-state index in [1.807, 2.05) is 47.9 Å². The summed E-state index contributed by atoms with van der Waals surface area (Å²) in [6, 6.07) is 15.4. The summed E-state index contributed by atoms with van der Waals surface area (Å²) in [4.78, 5) is 11.6. The van der Waals surface area contributed by atoms with E-state index in [2.05, 4.69) is 0 Å². The summed E-state index contributed by atoms with van der Waals surface area (Å²) in [6.07, 6.45) is 0. The van der Waals surface area contributed by atoms with Gasteiger partial charge in [-0.3, -0.25) is 0 Å². The van der Waals surface area contributed by atoms with Crippen molar-refractivity contribution in [2.24, 2.45) is 0 Å². The molecule has 0 radical (unpaired) electrons. The molecule has 4 heteroatoms. The summed E-state index contributed by atoms with van der Waals surface area (Å²) in [5, 5.41) is 10.7. The van der Waals surface area contributed by atoms with Crippen LogP contribution >= 0.6 is 11.6 Å². The third-order valence-corrected chi connectivity index (χ3v) is 3.92. The van der Waals surface area contributed by atoms with Gasteiger partial charge in [-0.25, -0.2) is 4.79 Å². The van der Waals surface area contributed by atoms with E-state index in [4.69, 9.17) is 11.6 Å². The molecule has 1 aromatic heterocycles. The zero-order valence-corrected chi connectivity index (χ0v) is 12.3. The molecule has 3 nitrogen and oxygen atoms in total. The molecule has 1 N–H and O–H groups in total.